The quantitative estimate of drug-likeness (QED) is 0.896. The van der Waals surface area contributed by atoms with Gasteiger partial charge < -0.3 is 10.2 Å². The third-order valence-electron chi connectivity index (χ3n) is 3.49. The van der Waals surface area contributed by atoms with Crippen molar-refractivity contribution >= 4 is 11.8 Å². The highest BCUT2D eigenvalue weighted by Crippen LogP contribution is 2.30. The number of thioether (sulfide) groups is 1. The predicted molar refractivity (Wildman–Crippen MR) is 73.2 cm³/mol. The first-order valence-corrected chi connectivity index (χ1v) is 7.52. The van der Waals surface area contributed by atoms with Crippen LogP contribution in [0.25, 0.3) is 0 Å². The lowest BCUT2D eigenvalue weighted by molar-refractivity contribution is 0.119. The molecule has 1 aromatic heterocycles. The Hall–Kier alpha value is -0.450. The molecule has 2 N–H and O–H groups in total. The van der Waals surface area contributed by atoms with Crippen molar-refractivity contribution in [3.8, 4) is 0 Å². The smallest absolute Gasteiger partial charge is 0.122 e. The summed E-state index contributed by atoms with van der Waals surface area (Å²) in [5.74, 6) is 3.39. The van der Waals surface area contributed by atoms with Crippen LogP contribution in [0.4, 0.5) is 0 Å². The maximum absolute atomic E-state index is 6.29. The van der Waals surface area contributed by atoms with E-state index in [1.807, 2.05) is 17.8 Å². The minimum Gasteiger partial charge on any atom is -0.468 e. The maximum atomic E-state index is 6.29. The van der Waals surface area contributed by atoms with Crippen molar-refractivity contribution in [1.29, 1.82) is 0 Å². The summed E-state index contributed by atoms with van der Waals surface area (Å²) in [6.07, 6.45) is 2.72. The van der Waals surface area contributed by atoms with Gasteiger partial charge in [-0.3, -0.25) is 4.90 Å². The van der Waals surface area contributed by atoms with Gasteiger partial charge in [0.2, 0.25) is 0 Å². The second kappa shape index (κ2) is 5.94. The highest BCUT2D eigenvalue weighted by molar-refractivity contribution is 7.99. The summed E-state index contributed by atoms with van der Waals surface area (Å²) >= 11 is 2.03. The lowest BCUT2D eigenvalue weighted by atomic mass is 10.0. The molecule has 1 saturated heterocycles. The second-order valence-corrected chi connectivity index (χ2v) is 5.84. The molecular weight excluding hydrogens is 232 g/mol. The maximum Gasteiger partial charge on any atom is 0.122 e. The second-order valence-electron chi connectivity index (χ2n) is 4.69. The predicted octanol–water partition coefficient (Wildman–Crippen LogP) is 2.50. The van der Waals surface area contributed by atoms with Crippen LogP contribution in [-0.4, -0.2) is 35.0 Å². The average Bonchev–Trinajstić information content (AvgIpc) is 2.85. The van der Waals surface area contributed by atoms with Gasteiger partial charge in [-0.05, 0) is 25.5 Å². The Labute approximate surface area is 108 Å². The lowest BCUT2D eigenvalue weighted by Crippen LogP contribution is -2.48. The molecule has 0 spiro atoms. The normalized spacial score (nSPS) is 25.7. The van der Waals surface area contributed by atoms with E-state index in [-0.39, 0.29) is 12.1 Å². The average molecular weight is 254 g/mol. The van der Waals surface area contributed by atoms with E-state index in [0.717, 1.165) is 18.7 Å². The first-order valence-electron chi connectivity index (χ1n) is 6.36. The Morgan fingerprint density at radius 1 is 1.65 bits per heavy atom. The van der Waals surface area contributed by atoms with Crippen molar-refractivity contribution in [3.63, 3.8) is 0 Å². The van der Waals surface area contributed by atoms with Crippen molar-refractivity contribution in [3.05, 3.63) is 24.2 Å². The molecule has 0 saturated carbocycles. The van der Waals surface area contributed by atoms with Gasteiger partial charge in [-0.15, -0.1) is 0 Å². The molecule has 96 valence electrons. The third-order valence-corrected chi connectivity index (χ3v) is 4.68. The molecule has 1 aromatic rings. The van der Waals surface area contributed by atoms with E-state index >= 15 is 0 Å². The minimum atomic E-state index is 0.145. The van der Waals surface area contributed by atoms with E-state index in [1.165, 1.54) is 11.5 Å². The topological polar surface area (TPSA) is 42.4 Å². The van der Waals surface area contributed by atoms with E-state index in [2.05, 4.69) is 24.8 Å². The van der Waals surface area contributed by atoms with E-state index < -0.39 is 0 Å². The first kappa shape index (κ1) is 13.0. The number of hydrogen-bond acceptors (Lipinski definition) is 4. The standard InChI is InChI=1S/C13H22N2OS/c1-3-11(14)13(12-5-4-7-16-12)15-6-8-17-9-10(15)2/h4-5,7,10-11,13H,3,6,8-9,14H2,1-2H3. The Morgan fingerprint density at radius 2 is 2.47 bits per heavy atom. The Balaban J connectivity index is 2.20. The van der Waals surface area contributed by atoms with Crippen LogP contribution < -0.4 is 5.73 Å². The highest BCUT2D eigenvalue weighted by atomic mass is 32.2. The summed E-state index contributed by atoms with van der Waals surface area (Å²) in [6.45, 7) is 5.53. The van der Waals surface area contributed by atoms with E-state index in [1.54, 1.807) is 6.26 Å². The summed E-state index contributed by atoms with van der Waals surface area (Å²) in [4.78, 5) is 2.50. The van der Waals surface area contributed by atoms with Crippen molar-refractivity contribution in [1.82, 2.24) is 4.90 Å². The monoisotopic (exact) mass is 254 g/mol. The zero-order valence-electron chi connectivity index (χ0n) is 10.6. The van der Waals surface area contributed by atoms with E-state index in [9.17, 15) is 0 Å². The molecule has 0 bridgehead atoms. The molecule has 0 radical (unpaired) electrons. The van der Waals surface area contributed by atoms with Crippen LogP contribution in [-0.2, 0) is 0 Å². The number of hydrogen-bond donors (Lipinski definition) is 1. The third kappa shape index (κ3) is 2.87. The Morgan fingerprint density at radius 3 is 3.06 bits per heavy atom. The van der Waals surface area contributed by atoms with Crippen molar-refractivity contribution in [2.75, 3.05) is 18.1 Å². The zero-order chi connectivity index (χ0) is 12.3. The van der Waals surface area contributed by atoms with Gasteiger partial charge in [0, 0.05) is 30.1 Å². The van der Waals surface area contributed by atoms with Gasteiger partial charge in [0.05, 0.1) is 12.3 Å². The number of furan rings is 1. The van der Waals surface area contributed by atoms with E-state index in [4.69, 9.17) is 10.2 Å². The molecule has 0 amide bonds. The molecule has 3 nitrogen and oxygen atoms in total. The Kier molecular flexibility index (Phi) is 4.54. The van der Waals surface area contributed by atoms with Crippen molar-refractivity contribution < 1.29 is 4.42 Å². The molecule has 3 atom stereocenters. The molecule has 0 aromatic carbocycles. The van der Waals surface area contributed by atoms with Crippen LogP contribution in [0.15, 0.2) is 22.8 Å². The van der Waals surface area contributed by atoms with Crippen molar-refractivity contribution in [2.24, 2.45) is 5.73 Å². The van der Waals surface area contributed by atoms with Gasteiger partial charge in [0.1, 0.15) is 5.76 Å². The fourth-order valence-electron chi connectivity index (χ4n) is 2.46. The van der Waals surface area contributed by atoms with Crippen molar-refractivity contribution in [2.45, 2.75) is 38.4 Å². The molecule has 2 rings (SSSR count). The van der Waals surface area contributed by atoms with Gasteiger partial charge in [0.15, 0.2) is 0 Å². The van der Waals surface area contributed by atoms with Crippen LogP contribution in [0.2, 0.25) is 0 Å². The van der Waals surface area contributed by atoms with Crippen LogP contribution in [0.3, 0.4) is 0 Å². The summed E-state index contributed by atoms with van der Waals surface area (Å²) in [7, 11) is 0. The minimum absolute atomic E-state index is 0.145. The van der Waals surface area contributed by atoms with Gasteiger partial charge in [-0.2, -0.15) is 11.8 Å². The molecule has 2 heterocycles. The first-order chi connectivity index (χ1) is 8.24. The number of nitrogens with zero attached hydrogens (tertiary/aromatic N) is 1. The Bertz CT molecular complexity index is 328. The largest absolute Gasteiger partial charge is 0.468 e. The molecule has 17 heavy (non-hydrogen) atoms. The highest BCUT2D eigenvalue weighted by Gasteiger charge is 2.32. The van der Waals surface area contributed by atoms with Gasteiger partial charge in [-0.25, -0.2) is 0 Å². The van der Waals surface area contributed by atoms with Gasteiger partial charge in [-0.1, -0.05) is 6.92 Å². The van der Waals surface area contributed by atoms with Crippen LogP contribution >= 0.6 is 11.8 Å². The van der Waals surface area contributed by atoms with Crippen LogP contribution in [0, 0.1) is 0 Å². The fraction of sp³-hybridized carbons (Fsp3) is 0.692. The lowest BCUT2D eigenvalue weighted by Gasteiger charge is -2.40. The molecule has 3 unspecified atom stereocenters. The number of nitrogens with two attached hydrogens (primary N) is 1. The molecule has 1 aliphatic rings. The van der Waals surface area contributed by atoms with Crippen LogP contribution in [0.5, 0.6) is 0 Å². The summed E-state index contributed by atoms with van der Waals surface area (Å²) in [6, 6.07) is 4.95. The zero-order valence-corrected chi connectivity index (χ0v) is 11.5. The SMILES string of the molecule is CCC(N)C(c1ccco1)N1CCSCC1C. The summed E-state index contributed by atoms with van der Waals surface area (Å²) in [5.41, 5.74) is 6.29. The van der Waals surface area contributed by atoms with E-state index in [0.29, 0.717) is 6.04 Å². The molecule has 1 aliphatic heterocycles. The fourth-order valence-corrected chi connectivity index (χ4v) is 3.50. The summed E-state index contributed by atoms with van der Waals surface area (Å²) < 4.78 is 5.59. The van der Waals surface area contributed by atoms with Crippen LogP contribution in [0.1, 0.15) is 32.1 Å². The van der Waals surface area contributed by atoms with Gasteiger partial charge in [0.25, 0.3) is 0 Å². The molecule has 1 fully saturated rings. The summed E-state index contributed by atoms with van der Waals surface area (Å²) in [5, 5.41) is 0. The molecule has 4 heteroatoms. The van der Waals surface area contributed by atoms with Gasteiger partial charge >= 0.3 is 0 Å². The number of rotatable bonds is 4. The molecule has 0 aliphatic carbocycles. The molecular formula is C13H22N2OS.